The van der Waals surface area contributed by atoms with Crippen LogP contribution in [0.25, 0.3) is 10.9 Å². The van der Waals surface area contributed by atoms with Gasteiger partial charge in [0.15, 0.2) is 0 Å². The zero-order valence-electron chi connectivity index (χ0n) is 10.4. The largest absolute Gasteiger partial charge is 0.358 e. The normalized spacial score (nSPS) is 18.6. The molecular weight excluding hydrogens is 226 g/mol. The first kappa shape index (κ1) is 11.3. The van der Waals surface area contributed by atoms with E-state index in [-0.39, 0.29) is 0 Å². The number of benzene rings is 1. The van der Waals surface area contributed by atoms with Gasteiger partial charge in [0.2, 0.25) is 6.41 Å². The molecule has 4 heteroatoms. The molecule has 1 heterocycles. The molecule has 1 aliphatic rings. The highest BCUT2D eigenvalue weighted by Gasteiger charge is 2.21. The number of aromatic nitrogens is 1. The summed E-state index contributed by atoms with van der Waals surface area (Å²) in [6.07, 6.45) is 4.06. The number of fused-ring (bicyclic) bond motifs is 3. The van der Waals surface area contributed by atoms with Gasteiger partial charge in [-0.2, -0.15) is 0 Å². The second-order valence-electron chi connectivity index (χ2n) is 4.83. The number of carbonyl (C=O) groups excluding carboxylic acids is 1. The van der Waals surface area contributed by atoms with E-state index in [0.717, 1.165) is 24.0 Å². The molecule has 2 aromatic rings. The Bertz CT molecular complexity index is 588. The number of hydrogen-bond acceptors (Lipinski definition) is 2. The molecule has 0 spiro atoms. The van der Waals surface area contributed by atoms with E-state index in [9.17, 15) is 4.79 Å². The molecule has 0 fully saturated rings. The van der Waals surface area contributed by atoms with Gasteiger partial charge in [0.25, 0.3) is 0 Å². The number of likely N-dealkylation sites (N-methyl/N-ethyl adjacent to an activating group) is 1. The smallest absolute Gasteiger partial charge is 0.211 e. The maximum atomic E-state index is 10.5. The topological polar surface area (TPSA) is 56.9 Å². The Hall–Kier alpha value is -1.81. The van der Waals surface area contributed by atoms with Gasteiger partial charge >= 0.3 is 0 Å². The first-order valence-corrected chi connectivity index (χ1v) is 6.32. The Morgan fingerprint density at radius 3 is 3.11 bits per heavy atom. The van der Waals surface area contributed by atoms with Gasteiger partial charge in [0.05, 0.1) is 0 Å². The number of hydrogen-bond donors (Lipinski definition) is 3. The number of aromatic amines is 1. The van der Waals surface area contributed by atoms with Gasteiger partial charge in [-0.15, -0.1) is 0 Å². The Labute approximate surface area is 106 Å². The molecule has 0 saturated heterocycles. The van der Waals surface area contributed by atoms with Crippen LogP contribution in [0.1, 0.15) is 17.7 Å². The summed E-state index contributed by atoms with van der Waals surface area (Å²) in [5.41, 5.74) is 4.72. The number of nitrogens with one attached hydrogen (secondary N) is 3. The van der Waals surface area contributed by atoms with E-state index in [0.29, 0.717) is 12.5 Å². The third kappa shape index (κ3) is 1.78. The van der Waals surface area contributed by atoms with Crippen LogP contribution >= 0.6 is 0 Å². The third-order valence-electron chi connectivity index (χ3n) is 3.82. The van der Waals surface area contributed by atoms with Crippen LogP contribution in [-0.2, 0) is 17.6 Å². The monoisotopic (exact) mass is 243 g/mol. The fourth-order valence-electron chi connectivity index (χ4n) is 2.84. The first-order valence-electron chi connectivity index (χ1n) is 6.32. The Morgan fingerprint density at radius 2 is 2.33 bits per heavy atom. The van der Waals surface area contributed by atoms with E-state index in [1.165, 1.54) is 23.1 Å². The molecule has 3 rings (SSSR count). The van der Waals surface area contributed by atoms with Crippen molar-refractivity contribution in [1.29, 1.82) is 0 Å². The van der Waals surface area contributed by atoms with Crippen molar-refractivity contribution < 1.29 is 4.79 Å². The van der Waals surface area contributed by atoms with Crippen LogP contribution in [0, 0.1) is 0 Å². The lowest BCUT2D eigenvalue weighted by atomic mass is 9.92. The summed E-state index contributed by atoms with van der Waals surface area (Å²) in [4.78, 5) is 13.9. The van der Waals surface area contributed by atoms with Gasteiger partial charge in [-0.05, 0) is 37.6 Å². The fourth-order valence-corrected chi connectivity index (χ4v) is 2.84. The van der Waals surface area contributed by atoms with E-state index in [2.05, 4.69) is 21.7 Å². The molecule has 1 aromatic heterocycles. The summed E-state index contributed by atoms with van der Waals surface area (Å²) in [5.74, 6) is 0. The van der Waals surface area contributed by atoms with Gasteiger partial charge in [0, 0.05) is 34.7 Å². The number of H-pyrrole nitrogens is 1. The van der Waals surface area contributed by atoms with Gasteiger partial charge < -0.3 is 15.6 Å². The molecule has 0 saturated carbocycles. The molecule has 1 aromatic carbocycles. The van der Waals surface area contributed by atoms with Gasteiger partial charge in [-0.3, -0.25) is 4.79 Å². The standard InChI is InChI=1S/C14H17N3O/c1-15-9-2-4-11-12-5-3-10(16-8-18)7-14(12)17-13(11)6-9/h3,5,7-9,15,17H,2,4,6H2,1H3,(H,16,18). The number of amides is 1. The molecule has 1 amide bonds. The van der Waals surface area contributed by atoms with Gasteiger partial charge in [-0.1, -0.05) is 6.07 Å². The Morgan fingerprint density at radius 1 is 1.44 bits per heavy atom. The van der Waals surface area contributed by atoms with Crippen molar-refractivity contribution in [3.8, 4) is 0 Å². The molecule has 4 nitrogen and oxygen atoms in total. The third-order valence-corrected chi connectivity index (χ3v) is 3.82. The molecule has 0 aliphatic heterocycles. The molecule has 1 aliphatic carbocycles. The first-order chi connectivity index (χ1) is 8.81. The predicted octanol–water partition coefficient (Wildman–Crippen LogP) is 1.81. The van der Waals surface area contributed by atoms with Crippen LogP contribution in [0.15, 0.2) is 18.2 Å². The van der Waals surface area contributed by atoms with Crippen molar-refractivity contribution in [1.82, 2.24) is 10.3 Å². The van der Waals surface area contributed by atoms with Gasteiger partial charge in [0.1, 0.15) is 0 Å². The van der Waals surface area contributed by atoms with Crippen molar-refractivity contribution in [3.63, 3.8) is 0 Å². The Kier molecular flexibility index (Phi) is 2.80. The molecular formula is C14H17N3O. The summed E-state index contributed by atoms with van der Waals surface area (Å²) in [5, 5.41) is 7.32. The predicted molar refractivity (Wildman–Crippen MR) is 72.9 cm³/mol. The fraction of sp³-hybridized carbons (Fsp3) is 0.357. The molecule has 3 N–H and O–H groups in total. The second kappa shape index (κ2) is 4.46. The van der Waals surface area contributed by atoms with E-state index < -0.39 is 0 Å². The number of carbonyl (C=O) groups is 1. The molecule has 0 bridgehead atoms. The summed E-state index contributed by atoms with van der Waals surface area (Å²) in [6, 6.07) is 6.61. The molecule has 0 radical (unpaired) electrons. The lowest BCUT2D eigenvalue weighted by Crippen LogP contribution is -2.31. The highest BCUT2D eigenvalue weighted by Crippen LogP contribution is 2.30. The molecule has 1 unspecified atom stereocenters. The zero-order valence-corrected chi connectivity index (χ0v) is 10.4. The molecule has 1 atom stereocenters. The SMILES string of the molecule is CNC1CCc2c([nH]c3cc(NC=O)ccc23)C1. The number of aryl methyl sites for hydroxylation is 1. The van der Waals surface area contributed by atoms with Crippen LogP contribution < -0.4 is 10.6 Å². The average Bonchev–Trinajstić information content (AvgIpc) is 2.75. The van der Waals surface area contributed by atoms with Gasteiger partial charge in [-0.25, -0.2) is 0 Å². The van der Waals surface area contributed by atoms with E-state index in [1.807, 2.05) is 19.2 Å². The van der Waals surface area contributed by atoms with Crippen molar-refractivity contribution >= 4 is 23.0 Å². The molecule has 94 valence electrons. The maximum Gasteiger partial charge on any atom is 0.211 e. The number of rotatable bonds is 3. The second-order valence-corrected chi connectivity index (χ2v) is 4.83. The minimum absolute atomic E-state index is 0.568. The summed E-state index contributed by atoms with van der Waals surface area (Å²) in [6.45, 7) is 0. The Balaban J connectivity index is 2.04. The van der Waals surface area contributed by atoms with E-state index in [4.69, 9.17) is 0 Å². The highest BCUT2D eigenvalue weighted by molar-refractivity contribution is 5.89. The minimum atomic E-state index is 0.568. The average molecular weight is 243 g/mol. The van der Waals surface area contributed by atoms with E-state index in [1.54, 1.807) is 0 Å². The quantitative estimate of drug-likeness (QED) is 0.720. The van der Waals surface area contributed by atoms with E-state index >= 15 is 0 Å². The summed E-state index contributed by atoms with van der Waals surface area (Å²) in [7, 11) is 2.02. The highest BCUT2D eigenvalue weighted by atomic mass is 16.1. The van der Waals surface area contributed by atoms with Crippen LogP contribution in [0.2, 0.25) is 0 Å². The summed E-state index contributed by atoms with van der Waals surface area (Å²) < 4.78 is 0. The molecule has 18 heavy (non-hydrogen) atoms. The minimum Gasteiger partial charge on any atom is -0.358 e. The lowest BCUT2D eigenvalue weighted by molar-refractivity contribution is -0.105. The summed E-state index contributed by atoms with van der Waals surface area (Å²) >= 11 is 0. The zero-order chi connectivity index (χ0) is 12.5. The van der Waals surface area contributed by atoms with Crippen molar-refractivity contribution in [2.45, 2.75) is 25.3 Å². The van der Waals surface area contributed by atoms with Crippen LogP contribution in [0.5, 0.6) is 0 Å². The van der Waals surface area contributed by atoms with Crippen molar-refractivity contribution in [2.24, 2.45) is 0 Å². The van der Waals surface area contributed by atoms with Crippen LogP contribution in [0.4, 0.5) is 5.69 Å². The van der Waals surface area contributed by atoms with Crippen molar-refractivity contribution in [3.05, 3.63) is 29.5 Å². The maximum absolute atomic E-state index is 10.5. The van der Waals surface area contributed by atoms with Crippen LogP contribution in [-0.4, -0.2) is 24.5 Å². The van der Waals surface area contributed by atoms with Crippen molar-refractivity contribution in [2.75, 3.05) is 12.4 Å². The number of anilines is 1. The van der Waals surface area contributed by atoms with Crippen LogP contribution in [0.3, 0.4) is 0 Å². The lowest BCUT2D eigenvalue weighted by Gasteiger charge is -2.21.